The largest absolute Gasteiger partial charge is 0.454 e. The minimum Gasteiger partial charge on any atom is -0.454 e. The highest BCUT2D eigenvalue weighted by Crippen LogP contribution is 2.51. The number of thiazole rings is 1. The monoisotopic (exact) mass is 405 g/mol. The standard InChI is InChI=1S/C23H19NO4S/c25-17(10-15-4-2-1-3-5-15)20-13-24-22(29-20)12-21(26)23(8-9-23)16-6-7-18-19(11-16)28-14-27-18/h1-7,11,13H,8-10,12,14H2. The summed E-state index contributed by atoms with van der Waals surface area (Å²) in [5.41, 5.74) is 1.49. The number of hydrogen-bond acceptors (Lipinski definition) is 6. The third-order valence-electron chi connectivity index (χ3n) is 5.56. The van der Waals surface area contributed by atoms with Gasteiger partial charge in [0.25, 0.3) is 0 Å². The van der Waals surface area contributed by atoms with Crippen LogP contribution in [0.1, 0.15) is 38.6 Å². The van der Waals surface area contributed by atoms with Crippen LogP contribution in [0.2, 0.25) is 0 Å². The molecule has 0 atom stereocenters. The molecule has 6 heteroatoms. The van der Waals surface area contributed by atoms with Gasteiger partial charge in [0, 0.05) is 12.6 Å². The van der Waals surface area contributed by atoms with Crippen LogP contribution in [-0.4, -0.2) is 23.3 Å². The van der Waals surface area contributed by atoms with E-state index in [4.69, 9.17) is 9.47 Å². The first-order chi connectivity index (χ1) is 14.1. The number of rotatable bonds is 7. The summed E-state index contributed by atoms with van der Waals surface area (Å²) in [6.45, 7) is 0.221. The number of ketones is 2. The second kappa shape index (κ2) is 7.12. The number of benzene rings is 2. The van der Waals surface area contributed by atoms with Crippen molar-refractivity contribution in [1.29, 1.82) is 0 Å². The van der Waals surface area contributed by atoms with Gasteiger partial charge in [0.2, 0.25) is 6.79 Å². The molecule has 1 fully saturated rings. The van der Waals surface area contributed by atoms with Crippen LogP contribution >= 0.6 is 11.3 Å². The summed E-state index contributed by atoms with van der Waals surface area (Å²) in [6.07, 6.45) is 3.85. The molecule has 0 N–H and O–H groups in total. The van der Waals surface area contributed by atoms with Crippen LogP contribution in [0, 0.1) is 0 Å². The molecule has 1 saturated carbocycles. The van der Waals surface area contributed by atoms with Gasteiger partial charge >= 0.3 is 0 Å². The second-order valence-electron chi connectivity index (χ2n) is 7.45. The maximum atomic E-state index is 13.1. The number of hydrogen-bond donors (Lipinski definition) is 0. The molecule has 1 aliphatic carbocycles. The Morgan fingerprint density at radius 3 is 2.59 bits per heavy atom. The number of carbonyl (C=O) groups excluding carboxylic acids is 2. The minimum atomic E-state index is -0.457. The molecule has 5 nitrogen and oxygen atoms in total. The predicted octanol–water partition coefficient (Wildman–Crippen LogP) is 4.14. The van der Waals surface area contributed by atoms with Gasteiger partial charge in [-0.05, 0) is 36.1 Å². The molecule has 0 unspecified atom stereocenters. The van der Waals surface area contributed by atoms with Gasteiger partial charge in [-0.1, -0.05) is 36.4 Å². The number of nitrogens with zero attached hydrogens (tertiary/aromatic N) is 1. The number of ether oxygens (including phenoxy) is 2. The number of carbonyl (C=O) groups is 2. The van der Waals surface area contributed by atoms with Gasteiger partial charge in [0.15, 0.2) is 17.3 Å². The van der Waals surface area contributed by atoms with E-state index in [0.29, 0.717) is 22.1 Å². The second-order valence-corrected chi connectivity index (χ2v) is 8.57. The zero-order valence-corrected chi connectivity index (χ0v) is 16.5. The van der Waals surface area contributed by atoms with E-state index in [2.05, 4.69) is 4.98 Å². The van der Waals surface area contributed by atoms with Crippen molar-refractivity contribution < 1.29 is 19.1 Å². The number of fused-ring (bicyclic) bond motifs is 1. The fourth-order valence-electron chi connectivity index (χ4n) is 3.74. The summed E-state index contributed by atoms with van der Waals surface area (Å²) in [6, 6.07) is 15.4. The van der Waals surface area contributed by atoms with Gasteiger partial charge < -0.3 is 9.47 Å². The van der Waals surface area contributed by atoms with Crippen molar-refractivity contribution in [1.82, 2.24) is 4.98 Å². The molecule has 2 heterocycles. The van der Waals surface area contributed by atoms with E-state index < -0.39 is 5.41 Å². The Kier molecular flexibility index (Phi) is 4.43. The lowest BCUT2D eigenvalue weighted by Gasteiger charge is -2.14. The molecule has 1 aromatic heterocycles. The molecule has 29 heavy (non-hydrogen) atoms. The average Bonchev–Trinajstić information content (AvgIpc) is 3.19. The third kappa shape index (κ3) is 3.44. The van der Waals surface area contributed by atoms with E-state index >= 15 is 0 Å². The Morgan fingerprint density at radius 1 is 1.00 bits per heavy atom. The highest BCUT2D eigenvalue weighted by atomic mass is 32.1. The van der Waals surface area contributed by atoms with Gasteiger partial charge in [-0.15, -0.1) is 11.3 Å². The molecular formula is C23H19NO4S. The van der Waals surface area contributed by atoms with Crippen molar-refractivity contribution >= 4 is 22.9 Å². The van der Waals surface area contributed by atoms with Gasteiger partial charge in [0.1, 0.15) is 10.8 Å². The molecule has 0 amide bonds. The maximum absolute atomic E-state index is 13.1. The maximum Gasteiger partial charge on any atom is 0.231 e. The summed E-state index contributed by atoms with van der Waals surface area (Å²) in [4.78, 5) is 30.5. The van der Waals surface area contributed by atoms with Crippen molar-refractivity contribution in [3.8, 4) is 11.5 Å². The molecule has 5 rings (SSSR count). The normalized spacial score (nSPS) is 15.9. The Balaban J connectivity index is 1.28. The van der Waals surface area contributed by atoms with Crippen LogP contribution in [0.15, 0.2) is 54.7 Å². The van der Waals surface area contributed by atoms with Crippen molar-refractivity contribution in [2.75, 3.05) is 6.79 Å². The van der Waals surface area contributed by atoms with Gasteiger partial charge in [-0.25, -0.2) is 4.98 Å². The van der Waals surface area contributed by atoms with Gasteiger partial charge in [0.05, 0.1) is 16.7 Å². The molecule has 0 spiro atoms. The smallest absolute Gasteiger partial charge is 0.231 e. The molecular weight excluding hydrogens is 386 g/mol. The first-order valence-electron chi connectivity index (χ1n) is 9.59. The molecule has 0 radical (unpaired) electrons. The van der Waals surface area contributed by atoms with E-state index in [1.165, 1.54) is 11.3 Å². The number of aromatic nitrogens is 1. The summed E-state index contributed by atoms with van der Waals surface area (Å²) in [5.74, 6) is 1.60. The Morgan fingerprint density at radius 2 is 1.79 bits per heavy atom. The van der Waals surface area contributed by atoms with Gasteiger partial charge in [-0.2, -0.15) is 0 Å². The Bertz CT molecular complexity index is 1090. The van der Waals surface area contributed by atoms with Crippen LogP contribution in [0.3, 0.4) is 0 Å². The number of Topliss-reactive ketones (excluding diaryl/α,β-unsaturated/α-hetero) is 2. The average molecular weight is 405 g/mol. The SMILES string of the molecule is O=C(Cc1ccccc1)c1cnc(CC(=O)C2(c3ccc4c(c3)OCO4)CC2)s1. The predicted molar refractivity (Wildman–Crippen MR) is 109 cm³/mol. The summed E-state index contributed by atoms with van der Waals surface area (Å²) in [7, 11) is 0. The lowest BCUT2D eigenvalue weighted by molar-refractivity contribution is -0.120. The molecule has 3 aromatic rings. The topological polar surface area (TPSA) is 65.5 Å². The summed E-state index contributed by atoms with van der Waals surface area (Å²) >= 11 is 1.32. The molecule has 2 aromatic carbocycles. The zero-order chi connectivity index (χ0) is 19.8. The third-order valence-corrected chi connectivity index (χ3v) is 6.59. The minimum absolute atomic E-state index is 0.0318. The van der Waals surface area contributed by atoms with E-state index in [9.17, 15) is 9.59 Å². The van der Waals surface area contributed by atoms with E-state index in [-0.39, 0.29) is 24.8 Å². The quantitative estimate of drug-likeness (QED) is 0.553. The van der Waals surface area contributed by atoms with Crippen LogP contribution in [0.5, 0.6) is 11.5 Å². The van der Waals surface area contributed by atoms with E-state index in [1.807, 2.05) is 48.5 Å². The first kappa shape index (κ1) is 18.1. The van der Waals surface area contributed by atoms with Gasteiger partial charge in [-0.3, -0.25) is 9.59 Å². The lowest BCUT2D eigenvalue weighted by Crippen LogP contribution is -2.22. The van der Waals surface area contributed by atoms with E-state index in [1.54, 1.807) is 6.20 Å². The van der Waals surface area contributed by atoms with Crippen molar-refractivity contribution in [2.45, 2.75) is 31.1 Å². The summed E-state index contributed by atoms with van der Waals surface area (Å²) < 4.78 is 10.8. The van der Waals surface area contributed by atoms with Crippen LogP contribution in [0.4, 0.5) is 0 Å². The first-order valence-corrected chi connectivity index (χ1v) is 10.4. The molecule has 146 valence electrons. The van der Waals surface area contributed by atoms with E-state index in [0.717, 1.165) is 29.7 Å². The van der Waals surface area contributed by atoms with Crippen molar-refractivity contribution in [3.63, 3.8) is 0 Å². The Hall–Kier alpha value is -2.99. The van der Waals surface area contributed by atoms with Crippen molar-refractivity contribution in [2.24, 2.45) is 0 Å². The van der Waals surface area contributed by atoms with Crippen LogP contribution in [0.25, 0.3) is 0 Å². The molecule has 0 bridgehead atoms. The fraction of sp³-hybridized carbons (Fsp3) is 0.261. The lowest BCUT2D eigenvalue weighted by atomic mass is 9.89. The van der Waals surface area contributed by atoms with Crippen LogP contribution < -0.4 is 9.47 Å². The highest BCUT2D eigenvalue weighted by molar-refractivity contribution is 7.13. The molecule has 2 aliphatic rings. The molecule has 0 saturated heterocycles. The molecule has 1 aliphatic heterocycles. The highest BCUT2D eigenvalue weighted by Gasteiger charge is 2.51. The Labute approximate surface area is 172 Å². The van der Waals surface area contributed by atoms with Crippen LogP contribution in [-0.2, 0) is 23.1 Å². The summed E-state index contributed by atoms with van der Waals surface area (Å²) in [5, 5.41) is 0.693. The fourth-order valence-corrected chi connectivity index (χ4v) is 4.60. The van der Waals surface area contributed by atoms with Crippen molar-refractivity contribution in [3.05, 3.63) is 75.7 Å². The zero-order valence-electron chi connectivity index (χ0n) is 15.7.